The van der Waals surface area contributed by atoms with Crippen LogP contribution in [-0.2, 0) is 4.79 Å². The van der Waals surface area contributed by atoms with Crippen LogP contribution in [0.1, 0.15) is 31.1 Å². The van der Waals surface area contributed by atoms with Crippen molar-refractivity contribution in [1.29, 1.82) is 0 Å². The van der Waals surface area contributed by atoms with Gasteiger partial charge in [0.1, 0.15) is 5.75 Å². The first-order valence-electron chi connectivity index (χ1n) is 7.73. The quantitative estimate of drug-likeness (QED) is 0.624. The van der Waals surface area contributed by atoms with Crippen LogP contribution in [0.4, 0.5) is 0 Å². The lowest BCUT2D eigenvalue weighted by atomic mass is 10.0. The van der Waals surface area contributed by atoms with E-state index in [-0.39, 0.29) is 11.9 Å². The van der Waals surface area contributed by atoms with E-state index in [1.54, 1.807) is 17.0 Å². The Morgan fingerprint density at radius 1 is 0.957 bits per heavy atom. The van der Waals surface area contributed by atoms with Gasteiger partial charge in [0.15, 0.2) is 0 Å². The lowest BCUT2D eigenvalue weighted by Gasteiger charge is -2.19. The molecule has 2 rings (SSSR count). The van der Waals surface area contributed by atoms with Gasteiger partial charge in [-0.2, -0.15) is 0 Å². The van der Waals surface area contributed by atoms with Gasteiger partial charge >= 0.3 is 5.97 Å². The molecule has 0 heterocycles. The standard InChI is InChI=1S/C19H21NO3/c1-4-20(5-2)19(22)17-10-6-8-15(12-17)16-9-7-11-18(13-16)23-14(3)21/h6-13H,4-5H2,1-3H3. The van der Waals surface area contributed by atoms with Crippen LogP contribution in [-0.4, -0.2) is 29.9 Å². The van der Waals surface area contributed by atoms with Crippen LogP contribution in [0.3, 0.4) is 0 Å². The van der Waals surface area contributed by atoms with Gasteiger partial charge in [0.05, 0.1) is 0 Å². The molecule has 2 aromatic rings. The third kappa shape index (κ3) is 4.19. The van der Waals surface area contributed by atoms with Crippen molar-refractivity contribution >= 4 is 11.9 Å². The van der Waals surface area contributed by atoms with E-state index < -0.39 is 0 Å². The molecule has 0 radical (unpaired) electrons. The van der Waals surface area contributed by atoms with E-state index in [1.807, 2.05) is 50.2 Å². The molecule has 4 nitrogen and oxygen atoms in total. The lowest BCUT2D eigenvalue weighted by molar-refractivity contribution is -0.131. The molecule has 4 heteroatoms. The number of carbonyl (C=O) groups excluding carboxylic acids is 2. The summed E-state index contributed by atoms with van der Waals surface area (Å²) in [5.74, 6) is 0.163. The molecule has 0 aromatic heterocycles. The van der Waals surface area contributed by atoms with Gasteiger partial charge in [0.25, 0.3) is 5.91 Å². The normalized spacial score (nSPS) is 10.2. The van der Waals surface area contributed by atoms with Gasteiger partial charge in [0.2, 0.25) is 0 Å². The second-order valence-electron chi connectivity index (χ2n) is 5.18. The van der Waals surface area contributed by atoms with E-state index in [0.29, 0.717) is 24.4 Å². The summed E-state index contributed by atoms with van der Waals surface area (Å²) < 4.78 is 5.11. The number of carbonyl (C=O) groups is 2. The molecule has 1 amide bonds. The molecular formula is C19H21NO3. The number of rotatable bonds is 5. The molecule has 0 N–H and O–H groups in total. The highest BCUT2D eigenvalue weighted by atomic mass is 16.5. The highest BCUT2D eigenvalue weighted by molar-refractivity contribution is 5.95. The van der Waals surface area contributed by atoms with Crippen LogP contribution in [0.5, 0.6) is 5.75 Å². The smallest absolute Gasteiger partial charge is 0.308 e. The zero-order valence-corrected chi connectivity index (χ0v) is 13.7. The summed E-state index contributed by atoms with van der Waals surface area (Å²) in [5, 5.41) is 0. The molecule has 0 spiro atoms. The summed E-state index contributed by atoms with van der Waals surface area (Å²) in [6.07, 6.45) is 0. The number of ether oxygens (including phenoxy) is 1. The highest BCUT2D eigenvalue weighted by Crippen LogP contribution is 2.25. The summed E-state index contributed by atoms with van der Waals surface area (Å²) in [5.41, 5.74) is 2.47. The SMILES string of the molecule is CCN(CC)C(=O)c1cccc(-c2cccc(OC(C)=O)c2)c1. The zero-order valence-electron chi connectivity index (χ0n) is 13.7. The maximum Gasteiger partial charge on any atom is 0.308 e. The van der Waals surface area contributed by atoms with E-state index >= 15 is 0 Å². The fraction of sp³-hybridized carbons (Fsp3) is 0.263. The zero-order chi connectivity index (χ0) is 16.8. The molecule has 23 heavy (non-hydrogen) atoms. The van der Waals surface area contributed by atoms with E-state index in [0.717, 1.165) is 11.1 Å². The number of hydrogen-bond acceptors (Lipinski definition) is 3. The Hall–Kier alpha value is -2.62. The average Bonchev–Trinajstić information content (AvgIpc) is 2.55. The van der Waals surface area contributed by atoms with Crippen molar-refractivity contribution in [3.63, 3.8) is 0 Å². The van der Waals surface area contributed by atoms with E-state index in [4.69, 9.17) is 4.74 Å². The second-order valence-corrected chi connectivity index (χ2v) is 5.18. The van der Waals surface area contributed by atoms with E-state index in [2.05, 4.69) is 0 Å². The Morgan fingerprint density at radius 2 is 1.57 bits per heavy atom. The number of esters is 1. The highest BCUT2D eigenvalue weighted by Gasteiger charge is 2.13. The molecule has 0 aliphatic carbocycles. The predicted octanol–water partition coefficient (Wildman–Crippen LogP) is 3.76. The lowest BCUT2D eigenvalue weighted by Crippen LogP contribution is -2.30. The van der Waals surface area contributed by atoms with Crippen molar-refractivity contribution in [3.8, 4) is 16.9 Å². The second kappa shape index (κ2) is 7.58. The number of nitrogens with zero attached hydrogens (tertiary/aromatic N) is 1. The van der Waals surface area contributed by atoms with Gasteiger partial charge in [-0.25, -0.2) is 0 Å². The Morgan fingerprint density at radius 3 is 2.17 bits per heavy atom. The Kier molecular flexibility index (Phi) is 5.52. The van der Waals surface area contributed by atoms with E-state index in [1.165, 1.54) is 6.92 Å². The van der Waals surface area contributed by atoms with Crippen LogP contribution < -0.4 is 4.74 Å². The van der Waals surface area contributed by atoms with Crippen molar-refractivity contribution in [1.82, 2.24) is 4.90 Å². The number of amides is 1. The largest absolute Gasteiger partial charge is 0.427 e. The van der Waals surface area contributed by atoms with Crippen LogP contribution in [0.2, 0.25) is 0 Å². The van der Waals surface area contributed by atoms with Crippen molar-refractivity contribution in [2.75, 3.05) is 13.1 Å². The first-order valence-corrected chi connectivity index (χ1v) is 7.73. The molecule has 0 aliphatic heterocycles. The van der Waals surface area contributed by atoms with Crippen LogP contribution >= 0.6 is 0 Å². The maximum atomic E-state index is 12.5. The Balaban J connectivity index is 2.33. The maximum absolute atomic E-state index is 12.5. The first-order chi connectivity index (χ1) is 11.0. The third-order valence-corrected chi connectivity index (χ3v) is 3.59. The van der Waals surface area contributed by atoms with Gasteiger partial charge in [-0.1, -0.05) is 24.3 Å². The third-order valence-electron chi connectivity index (χ3n) is 3.59. The van der Waals surface area contributed by atoms with Crippen molar-refractivity contribution in [2.24, 2.45) is 0 Å². The fourth-order valence-corrected chi connectivity index (χ4v) is 2.43. The van der Waals surface area contributed by atoms with Crippen LogP contribution in [0.25, 0.3) is 11.1 Å². The molecule has 0 bridgehead atoms. The minimum atomic E-state index is -0.354. The fourth-order valence-electron chi connectivity index (χ4n) is 2.43. The molecule has 0 unspecified atom stereocenters. The number of hydrogen-bond donors (Lipinski definition) is 0. The molecule has 120 valence electrons. The Labute approximate surface area is 136 Å². The summed E-state index contributed by atoms with van der Waals surface area (Å²) >= 11 is 0. The van der Waals surface area contributed by atoms with Gasteiger partial charge < -0.3 is 9.64 Å². The molecule has 0 atom stereocenters. The minimum absolute atomic E-state index is 0.0213. The summed E-state index contributed by atoms with van der Waals surface area (Å²) in [4.78, 5) is 25.3. The van der Waals surface area contributed by atoms with Crippen LogP contribution in [0, 0.1) is 0 Å². The van der Waals surface area contributed by atoms with Gasteiger partial charge in [-0.3, -0.25) is 9.59 Å². The summed E-state index contributed by atoms with van der Waals surface area (Å²) in [7, 11) is 0. The van der Waals surface area contributed by atoms with E-state index in [9.17, 15) is 9.59 Å². The topological polar surface area (TPSA) is 46.6 Å². The van der Waals surface area contributed by atoms with Crippen molar-refractivity contribution in [2.45, 2.75) is 20.8 Å². The summed E-state index contributed by atoms with van der Waals surface area (Å²) in [6, 6.07) is 14.8. The van der Waals surface area contributed by atoms with Gasteiger partial charge in [-0.05, 0) is 49.2 Å². The first kappa shape index (κ1) is 16.7. The minimum Gasteiger partial charge on any atom is -0.427 e. The van der Waals surface area contributed by atoms with Crippen molar-refractivity contribution < 1.29 is 14.3 Å². The molecular weight excluding hydrogens is 290 g/mol. The monoisotopic (exact) mass is 311 g/mol. The molecule has 0 saturated heterocycles. The predicted molar refractivity (Wildman–Crippen MR) is 90.4 cm³/mol. The molecule has 0 aliphatic rings. The number of benzene rings is 2. The summed E-state index contributed by atoms with van der Waals surface area (Å²) in [6.45, 7) is 6.67. The van der Waals surface area contributed by atoms with Crippen LogP contribution in [0.15, 0.2) is 48.5 Å². The van der Waals surface area contributed by atoms with Gasteiger partial charge in [-0.15, -0.1) is 0 Å². The molecule has 0 saturated carbocycles. The van der Waals surface area contributed by atoms with Gasteiger partial charge in [0, 0.05) is 25.6 Å². The molecule has 2 aromatic carbocycles. The Bertz CT molecular complexity index is 705. The molecule has 0 fully saturated rings. The average molecular weight is 311 g/mol. The van der Waals surface area contributed by atoms with Crippen molar-refractivity contribution in [3.05, 3.63) is 54.1 Å².